The van der Waals surface area contributed by atoms with Crippen LogP contribution in [0.3, 0.4) is 0 Å². The first-order valence-electron chi connectivity index (χ1n) is 7.82. The third-order valence-corrected chi connectivity index (χ3v) is 3.90. The molecule has 2 aromatic carbocycles. The lowest BCUT2D eigenvalue weighted by atomic mass is 10.0. The van der Waals surface area contributed by atoms with E-state index in [1.165, 1.54) is 11.1 Å². The van der Waals surface area contributed by atoms with Crippen LogP contribution in [0.1, 0.15) is 19.4 Å². The number of methoxy groups -OCH3 is 1. The Kier molecular flexibility index (Phi) is 5.99. The van der Waals surface area contributed by atoms with Gasteiger partial charge in [0.25, 0.3) is 0 Å². The molecule has 0 unspecified atom stereocenters. The van der Waals surface area contributed by atoms with E-state index in [0.29, 0.717) is 12.6 Å². The molecule has 118 valence electrons. The number of hydrogen-bond acceptors (Lipinski definition) is 3. The third kappa shape index (κ3) is 4.09. The van der Waals surface area contributed by atoms with Gasteiger partial charge in [-0.1, -0.05) is 42.5 Å². The van der Waals surface area contributed by atoms with E-state index >= 15 is 0 Å². The van der Waals surface area contributed by atoms with Gasteiger partial charge in [0, 0.05) is 31.2 Å². The average Bonchev–Trinajstić information content (AvgIpc) is 2.55. The molecule has 2 N–H and O–H groups in total. The Labute approximate surface area is 133 Å². The zero-order valence-electron chi connectivity index (χ0n) is 13.8. The smallest absolute Gasteiger partial charge is 0.126 e. The Bertz CT molecular complexity index is 578. The summed E-state index contributed by atoms with van der Waals surface area (Å²) in [5.74, 6) is 0.905. The quantitative estimate of drug-likeness (QED) is 0.850. The summed E-state index contributed by atoms with van der Waals surface area (Å²) in [5.41, 5.74) is 9.30. The number of rotatable bonds is 7. The van der Waals surface area contributed by atoms with E-state index < -0.39 is 0 Å². The highest BCUT2D eigenvalue weighted by molar-refractivity contribution is 5.70. The lowest BCUT2D eigenvalue weighted by molar-refractivity contribution is 0.219. The number of nitrogens with two attached hydrogens (primary N) is 1. The second kappa shape index (κ2) is 7.97. The Morgan fingerprint density at radius 1 is 1.05 bits per heavy atom. The zero-order valence-corrected chi connectivity index (χ0v) is 13.8. The predicted molar refractivity (Wildman–Crippen MR) is 93.0 cm³/mol. The van der Waals surface area contributed by atoms with Gasteiger partial charge in [0.15, 0.2) is 0 Å². The van der Waals surface area contributed by atoms with Crippen LogP contribution in [0.25, 0.3) is 11.1 Å². The van der Waals surface area contributed by atoms with Gasteiger partial charge in [-0.05, 0) is 31.0 Å². The minimum Gasteiger partial charge on any atom is -0.496 e. The van der Waals surface area contributed by atoms with Crippen LogP contribution in [0.4, 0.5) is 0 Å². The molecule has 0 aromatic heterocycles. The summed E-state index contributed by atoms with van der Waals surface area (Å²) in [4.78, 5) is 2.39. The van der Waals surface area contributed by atoms with Gasteiger partial charge in [-0.25, -0.2) is 0 Å². The van der Waals surface area contributed by atoms with Crippen LogP contribution in [0.15, 0.2) is 48.5 Å². The molecule has 0 amide bonds. The van der Waals surface area contributed by atoms with Gasteiger partial charge in [0.05, 0.1) is 7.11 Å². The molecule has 0 spiro atoms. The third-order valence-electron chi connectivity index (χ3n) is 3.90. The first-order chi connectivity index (χ1) is 10.7. The van der Waals surface area contributed by atoms with Crippen molar-refractivity contribution in [3.63, 3.8) is 0 Å². The monoisotopic (exact) mass is 298 g/mol. The lowest BCUT2D eigenvalue weighted by Gasteiger charge is -2.26. The molecule has 2 aromatic rings. The van der Waals surface area contributed by atoms with Gasteiger partial charge < -0.3 is 10.5 Å². The molecule has 0 atom stereocenters. The average molecular weight is 298 g/mol. The standard InChI is InChI=1S/C19H26N2O/c1-15(2)21(13-12-20)14-16-8-10-17(11-9-16)18-6-4-5-7-19(18)22-3/h4-11,15H,12-14,20H2,1-3H3. The topological polar surface area (TPSA) is 38.5 Å². The number of para-hydroxylation sites is 1. The van der Waals surface area contributed by atoms with Crippen LogP contribution in [0.5, 0.6) is 5.75 Å². The molecule has 0 heterocycles. The van der Waals surface area contributed by atoms with E-state index in [1.54, 1.807) is 7.11 Å². The van der Waals surface area contributed by atoms with Gasteiger partial charge in [0.1, 0.15) is 5.75 Å². The van der Waals surface area contributed by atoms with Crippen LogP contribution in [-0.2, 0) is 6.54 Å². The van der Waals surface area contributed by atoms with E-state index in [0.717, 1.165) is 24.4 Å². The highest BCUT2D eigenvalue weighted by Crippen LogP contribution is 2.29. The normalized spacial score (nSPS) is 11.2. The molecule has 0 saturated carbocycles. The van der Waals surface area contributed by atoms with Gasteiger partial charge >= 0.3 is 0 Å². The van der Waals surface area contributed by atoms with E-state index in [1.807, 2.05) is 18.2 Å². The molecule has 0 aliphatic heterocycles. The zero-order chi connectivity index (χ0) is 15.9. The summed E-state index contributed by atoms with van der Waals surface area (Å²) >= 11 is 0. The van der Waals surface area contributed by atoms with Crippen molar-refractivity contribution in [2.75, 3.05) is 20.2 Å². The van der Waals surface area contributed by atoms with Crippen molar-refractivity contribution in [2.45, 2.75) is 26.4 Å². The van der Waals surface area contributed by atoms with Gasteiger partial charge in [-0.2, -0.15) is 0 Å². The van der Waals surface area contributed by atoms with Crippen molar-refractivity contribution < 1.29 is 4.74 Å². The Hall–Kier alpha value is -1.84. The Morgan fingerprint density at radius 3 is 2.32 bits per heavy atom. The maximum atomic E-state index is 5.70. The Morgan fingerprint density at radius 2 is 1.73 bits per heavy atom. The van der Waals surface area contributed by atoms with Crippen molar-refractivity contribution in [1.29, 1.82) is 0 Å². The molecule has 0 aliphatic rings. The first kappa shape index (κ1) is 16.5. The molecule has 0 saturated heterocycles. The predicted octanol–water partition coefficient (Wildman–Crippen LogP) is 3.53. The van der Waals surface area contributed by atoms with Crippen molar-refractivity contribution in [2.24, 2.45) is 5.73 Å². The number of benzene rings is 2. The van der Waals surface area contributed by atoms with Gasteiger partial charge in [0.2, 0.25) is 0 Å². The number of nitrogens with zero attached hydrogens (tertiary/aromatic N) is 1. The van der Waals surface area contributed by atoms with E-state index in [9.17, 15) is 0 Å². The number of hydrogen-bond donors (Lipinski definition) is 1. The van der Waals surface area contributed by atoms with Crippen LogP contribution < -0.4 is 10.5 Å². The molecule has 0 aliphatic carbocycles. The van der Waals surface area contributed by atoms with Crippen LogP contribution in [0, 0.1) is 0 Å². The molecule has 0 fully saturated rings. The molecule has 2 rings (SSSR count). The van der Waals surface area contributed by atoms with Crippen molar-refractivity contribution in [1.82, 2.24) is 4.90 Å². The fourth-order valence-corrected chi connectivity index (χ4v) is 2.59. The van der Waals surface area contributed by atoms with Crippen LogP contribution in [-0.4, -0.2) is 31.1 Å². The molecule has 3 nitrogen and oxygen atoms in total. The van der Waals surface area contributed by atoms with Gasteiger partial charge in [-0.15, -0.1) is 0 Å². The summed E-state index contributed by atoms with van der Waals surface area (Å²) < 4.78 is 5.44. The maximum absolute atomic E-state index is 5.70. The highest BCUT2D eigenvalue weighted by Gasteiger charge is 2.10. The summed E-state index contributed by atoms with van der Waals surface area (Å²) in [6, 6.07) is 17.3. The molecular weight excluding hydrogens is 272 g/mol. The summed E-state index contributed by atoms with van der Waals surface area (Å²) in [6.45, 7) is 6.96. The van der Waals surface area contributed by atoms with E-state index in [2.05, 4.69) is 49.1 Å². The van der Waals surface area contributed by atoms with Gasteiger partial charge in [-0.3, -0.25) is 4.90 Å². The first-order valence-corrected chi connectivity index (χ1v) is 7.82. The Balaban J connectivity index is 2.16. The second-order valence-corrected chi connectivity index (χ2v) is 5.75. The number of ether oxygens (including phenoxy) is 1. The van der Waals surface area contributed by atoms with Crippen LogP contribution in [0.2, 0.25) is 0 Å². The fraction of sp³-hybridized carbons (Fsp3) is 0.368. The van der Waals surface area contributed by atoms with E-state index in [-0.39, 0.29) is 0 Å². The molecule has 0 radical (unpaired) electrons. The minimum absolute atomic E-state index is 0.498. The maximum Gasteiger partial charge on any atom is 0.126 e. The molecule has 0 bridgehead atoms. The summed E-state index contributed by atoms with van der Waals surface area (Å²) in [7, 11) is 1.71. The minimum atomic E-state index is 0.498. The largest absolute Gasteiger partial charge is 0.496 e. The summed E-state index contributed by atoms with van der Waals surface area (Å²) in [6.07, 6.45) is 0. The van der Waals surface area contributed by atoms with Crippen molar-refractivity contribution >= 4 is 0 Å². The second-order valence-electron chi connectivity index (χ2n) is 5.75. The highest BCUT2D eigenvalue weighted by atomic mass is 16.5. The molecular formula is C19H26N2O. The van der Waals surface area contributed by atoms with Crippen molar-refractivity contribution in [3.05, 3.63) is 54.1 Å². The SMILES string of the molecule is COc1ccccc1-c1ccc(CN(CCN)C(C)C)cc1. The lowest BCUT2D eigenvalue weighted by Crippen LogP contribution is -2.34. The van der Waals surface area contributed by atoms with E-state index in [4.69, 9.17) is 10.5 Å². The van der Waals surface area contributed by atoms with Crippen LogP contribution >= 0.6 is 0 Å². The molecule has 22 heavy (non-hydrogen) atoms. The molecule has 3 heteroatoms. The fourth-order valence-electron chi connectivity index (χ4n) is 2.59. The van der Waals surface area contributed by atoms with Crippen molar-refractivity contribution in [3.8, 4) is 16.9 Å². The summed E-state index contributed by atoms with van der Waals surface area (Å²) in [5, 5.41) is 0.